The average molecular weight is 357 g/mol. The second-order valence-corrected chi connectivity index (χ2v) is 6.47. The van der Waals surface area contributed by atoms with Gasteiger partial charge in [-0.3, -0.25) is 14.9 Å². The van der Waals surface area contributed by atoms with Crippen LogP contribution in [-0.4, -0.2) is 30.0 Å². The Kier molecular flexibility index (Phi) is 5.16. The first-order chi connectivity index (χ1) is 12.4. The minimum absolute atomic E-state index is 0.0583. The lowest BCUT2D eigenvalue weighted by Gasteiger charge is -2.34. The van der Waals surface area contributed by atoms with Gasteiger partial charge in [0.2, 0.25) is 0 Å². The summed E-state index contributed by atoms with van der Waals surface area (Å²) in [6.45, 7) is 3.24. The minimum Gasteiger partial charge on any atom is -0.371 e. The van der Waals surface area contributed by atoms with Gasteiger partial charge < -0.3 is 10.2 Å². The molecule has 0 saturated carbocycles. The topological polar surface area (TPSA) is 75.5 Å². The lowest BCUT2D eigenvalue weighted by atomic mass is 10.0. The molecule has 2 aromatic carbocycles. The summed E-state index contributed by atoms with van der Waals surface area (Å²) in [5.41, 5.74) is 2.16. The Morgan fingerprint density at radius 1 is 1.19 bits per heavy atom. The first kappa shape index (κ1) is 17.8. The number of benzene rings is 2. The van der Waals surface area contributed by atoms with Crippen LogP contribution in [0.2, 0.25) is 0 Å². The second kappa shape index (κ2) is 7.51. The molecule has 0 atom stereocenters. The van der Waals surface area contributed by atoms with E-state index >= 15 is 0 Å². The number of hydrogen-bond acceptors (Lipinski definition) is 4. The molecule has 1 aliphatic heterocycles. The van der Waals surface area contributed by atoms with Crippen LogP contribution in [0.1, 0.15) is 28.8 Å². The summed E-state index contributed by atoms with van der Waals surface area (Å²) in [4.78, 5) is 24.9. The van der Waals surface area contributed by atoms with Crippen molar-refractivity contribution in [3.05, 3.63) is 69.5 Å². The van der Waals surface area contributed by atoms with Crippen molar-refractivity contribution < 1.29 is 14.1 Å². The van der Waals surface area contributed by atoms with E-state index < -0.39 is 0 Å². The Bertz CT molecular complexity index is 815. The smallest absolute Gasteiger partial charge is 0.272 e. The molecule has 0 bridgehead atoms. The molecule has 2 aromatic rings. The van der Waals surface area contributed by atoms with Crippen LogP contribution >= 0.6 is 0 Å². The summed E-state index contributed by atoms with van der Waals surface area (Å²) in [7, 11) is 0. The highest BCUT2D eigenvalue weighted by atomic mass is 19.1. The molecule has 0 radical (unpaired) electrons. The molecule has 26 heavy (non-hydrogen) atoms. The molecule has 0 aromatic heterocycles. The largest absolute Gasteiger partial charge is 0.371 e. The summed E-state index contributed by atoms with van der Waals surface area (Å²) in [5, 5.41) is 13.9. The predicted octanol–water partition coefficient (Wildman–Crippen LogP) is 3.44. The Balaban J connectivity index is 1.57. The van der Waals surface area contributed by atoms with Crippen molar-refractivity contribution >= 4 is 17.3 Å². The molecule has 136 valence electrons. The Morgan fingerprint density at radius 3 is 2.42 bits per heavy atom. The van der Waals surface area contributed by atoms with Crippen molar-refractivity contribution in [2.75, 3.05) is 18.0 Å². The van der Waals surface area contributed by atoms with Crippen LogP contribution in [0.15, 0.2) is 42.5 Å². The third kappa shape index (κ3) is 3.99. The first-order valence-corrected chi connectivity index (χ1v) is 8.50. The molecule has 7 heteroatoms. The summed E-state index contributed by atoms with van der Waals surface area (Å²) in [5.74, 6) is -0.567. The zero-order chi connectivity index (χ0) is 18.7. The molecular formula is C19H20FN3O3. The number of carbonyl (C=O) groups is 1. The normalized spacial score (nSPS) is 14.9. The van der Waals surface area contributed by atoms with Gasteiger partial charge in [0.25, 0.3) is 11.6 Å². The SMILES string of the molecule is Cc1cc(N2CCC(NC(=O)c3ccc(F)cc3)CC2)ccc1[N+](=O)[O-]. The van der Waals surface area contributed by atoms with Gasteiger partial charge in [-0.25, -0.2) is 4.39 Å². The number of hydrogen-bond donors (Lipinski definition) is 1. The monoisotopic (exact) mass is 357 g/mol. The van der Waals surface area contributed by atoms with Gasteiger partial charge in [-0.2, -0.15) is 0 Å². The van der Waals surface area contributed by atoms with Gasteiger partial charge >= 0.3 is 0 Å². The van der Waals surface area contributed by atoms with Gasteiger partial charge in [-0.05, 0) is 56.2 Å². The van der Waals surface area contributed by atoms with Crippen molar-refractivity contribution in [1.29, 1.82) is 0 Å². The second-order valence-electron chi connectivity index (χ2n) is 6.47. The van der Waals surface area contributed by atoms with Gasteiger partial charge in [0.15, 0.2) is 0 Å². The number of halogens is 1. The zero-order valence-electron chi connectivity index (χ0n) is 14.4. The van der Waals surface area contributed by atoms with Crippen LogP contribution in [0.5, 0.6) is 0 Å². The molecule has 1 aliphatic rings. The van der Waals surface area contributed by atoms with Crippen molar-refractivity contribution in [2.45, 2.75) is 25.8 Å². The highest BCUT2D eigenvalue weighted by Crippen LogP contribution is 2.26. The Hall–Kier alpha value is -2.96. The standard InChI is InChI=1S/C19H20FN3O3/c1-13-12-17(6-7-18(13)23(25)26)22-10-8-16(9-11-22)21-19(24)14-2-4-15(20)5-3-14/h2-7,12,16H,8-11H2,1H3,(H,21,24). The molecule has 0 aliphatic carbocycles. The van der Waals surface area contributed by atoms with E-state index in [1.807, 2.05) is 6.07 Å². The highest BCUT2D eigenvalue weighted by molar-refractivity contribution is 5.94. The lowest BCUT2D eigenvalue weighted by molar-refractivity contribution is -0.385. The van der Waals surface area contributed by atoms with E-state index in [9.17, 15) is 19.3 Å². The molecule has 0 spiro atoms. The maximum atomic E-state index is 12.9. The molecular weight excluding hydrogens is 337 g/mol. The minimum atomic E-state index is -0.379. The van der Waals surface area contributed by atoms with Crippen LogP contribution in [0.3, 0.4) is 0 Å². The van der Waals surface area contributed by atoms with Crippen LogP contribution in [0.25, 0.3) is 0 Å². The number of piperidine rings is 1. The molecule has 1 N–H and O–H groups in total. The number of carbonyl (C=O) groups excluding carboxylic acids is 1. The quantitative estimate of drug-likeness (QED) is 0.672. The van der Waals surface area contributed by atoms with Gasteiger partial charge in [0, 0.05) is 42.0 Å². The molecule has 0 unspecified atom stereocenters. The van der Waals surface area contributed by atoms with E-state index in [0.29, 0.717) is 11.1 Å². The lowest BCUT2D eigenvalue weighted by Crippen LogP contribution is -2.44. The zero-order valence-corrected chi connectivity index (χ0v) is 14.4. The van der Waals surface area contributed by atoms with Crippen molar-refractivity contribution in [2.24, 2.45) is 0 Å². The third-order valence-electron chi connectivity index (χ3n) is 4.68. The molecule has 1 heterocycles. The fourth-order valence-corrected chi connectivity index (χ4v) is 3.19. The summed E-state index contributed by atoms with van der Waals surface area (Å²) >= 11 is 0. The van der Waals surface area contributed by atoms with E-state index in [-0.39, 0.29) is 28.4 Å². The number of anilines is 1. The highest BCUT2D eigenvalue weighted by Gasteiger charge is 2.22. The van der Waals surface area contributed by atoms with Gasteiger partial charge in [-0.15, -0.1) is 0 Å². The van der Waals surface area contributed by atoms with E-state index in [4.69, 9.17) is 0 Å². The van der Waals surface area contributed by atoms with E-state index in [2.05, 4.69) is 10.2 Å². The average Bonchev–Trinajstić information content (AvgIpc) is 2.62. The number of rotatable bonds is 4. The molecule has 1 saturated heterocycles. The molecule has 6 nitrogen and oxygen atoms in total. The van der Waals surface area contributed by atoms with E-state index in [1.165, 1.54) is 30.3 Å². The van der Waals surface area contributed by atoms with Gasteiger partial charge in [0.1, 0.15) is 5.82 Å². The maximum Gasteiger partial charge on any atom is 0.272 e. The summed E-state index contributed by atoms with van der Waals surface area (Å²) in [6, 6.07) is 10.7. The molecule has 1 amide bonds. The number of amides is 1. The van der Waals surface area contributed by atoms with Crippen molar-refractivity contribution in [3.8, 4) is 0 Å². The van der Waals surface area contributed by atoms with E-state index in [0.717, 1.165) is 31.6 Å². The summed E-state index contributed by atoms with van der Waals surface area (Å²) in [6.07, 6.45) is 1.56. The Labute approximate surface area is 150 Å². The number of nitro benzene ring substituents is 1. The van der Waals surface area contributed by atoms with Crippen molar-refractivity contribution in [3.63, 3.8) is 0 Å². The van der Waals surface area contributed by atoms with Crippen LogP contribution in [0.4, 0.5) is 15.8 Å². The predicted molar refractivity (Wildman–Crippen MR) is 96.9 cm³/mol. The van der Waals surface area contributed by atoms with Gasteiger partial charge in [0.05, 0.1) is 4.92 Å². The molecule has 3 rings (SSSR count). The number of aryl methyl sites for hydroxylation is 1. The number of nitrogens with zero attached hydrogens (tertiary/aromatic N) is 2. The third-order valence-corrected chi connectivity index (χ3v) is 4.68. The number of nitrogens with one attached hydrogen (secondary N) is 1. The molecule has 1 fully saturated rings. The van der Waals surface area contributed by atoms with Crippen molar-refractivity contribution in [1.82, 2.24) is 5.32 Å². The van der Waals surface area contributed by atoms with Crippen LogP contribution in [-0.2, 0) is 0 Å². The van der Waals surface area contributed by atoms with Crippen LogP contribution in [0, 0.1) is 22.9 Å². The number of nitro groups is 1. The fraction of sp³-hybridized carbons (Fsp3) is 0.316. The van der Waals surface area contributed by atoms with E-state index in [1.54, 1.807) is 13.0 Å². The first-order valence-electron chi connectivity index (χ1n) is 8.50. The fourth-order valence-electron chi connectivity index (χ4n) is 3.19. The summed E-state index contributed by atoms with van der Waals surface area (Å²) < 4.78 is 12.9. The maximum absolute atomic E-state index is 12.9. The van der Waals surface area contributed by atoms with Gasteiger partial charge in [-0.1, -0.05) is 0 Å². The Morgan fingerprint density at radius 2 is 1.85 bits per heavy atom. The van der Waals surface area contributed by atoms with Crippen LogP contribution < -0.4 is 10.2 Å².